The minimum atomic E-state index is -0.0605. The molecule has 1 aliphatic rings. The maximum atomic E-state index is 13.6. The number of hydrogen-bond donors (Lipinski definition) is 1. The molecule has 0 spiro atoms. The zero-order chi connectivity index (χ0) is 13.7. The monoisotopic (exact) mass is 263 g/mol. The standard InChI is InChI=1S/C17H26FN/c1-13-10-15(11-14(2)17(13)18)12-19-16-8-6-4-3-5-7-9-16/h10-11,16,19H,3-9,12H2,1-2H3. The summed E-state index contributed by atoms with van der Waals surface area (Å²) in [6.07, 6.45) is 9.44. The molecule has 0 saturated heterocycles. The van der Waals surface area contributed by atoms with E-state index in [0.29, 0.717) is 6.04 Å². The lowest BCUT2D eigenvalue weighted by atomic mass is 9.96. The van der Waals surface area contributed by atoms with Gasteiger partial charge in [-0.3, -0.25) is 0 Å². The topological polar surface area (TPSA) is 12.0 Å². The van der Waals surface area contributed by atoms with Crippen LogP contribution in [0.1, 0.15) is 61.6 Å². The maximum Gasteiger partial charge on any atom is 0.129 e. The summed E-state index contributed by atoms with van der Waals surface area (Å²) in [6.45, 7) is 4.57. The Morgan fingerprint density at radius 3 is 2.11 bits per heavy atom. The first-order valence-electron chi connectivity index (χ1n) is 7.66. The van der Waals surface area contributed by atoms with Crippen molar-refractivity contribution in [2.45, 2.75) is 71.4 Å². The van der Waals surface area contributed by atoms with Crippen LogP contribution in [-0.2, 0) is 6.54 Å². The molecule has 1 aromatic rings. The highest BCUT2D eigenvalue weighted by Gasteiger charge is 2.11. The van der Waals surface area contributed by atoms with Gasteiger partial charge in [-0.25, -0.2) is 4.39 Å². The second-order valence-electron chi connectivity index (χ2n) is 5.97. The predicted octanol–water partition coefficient (Wildman–Crippen LogP) is 4.65. The van der Waals surface area contributed by atoms with Crippen molar-refractivity contribution in [2.75, 3.05) is 0 Å². The predicted molar refractivity (Wildman–Crippen MR) is 78.8 cm³/mol. The molecule has 1 aromatic carbocycles. The molecule has 0 atom stereocenters. The van der Waals surface area contributed by atoms with Gasteiger partial charge in [-0.1, -0.05) is 44.2 Å². The summed E-state index contributed by atoms with van der Waals surface area (Å²) in [5.41, 5.74) is 2.72. The van der Waals surface area contributed by atoms with Crippen LogP contribution in [0.25, 0.3) is 0 Å². The van der Waals surface area contributed by atoms with Crippen molar-refractivity contribution in [3.8, 4) is 0 Å². The van der Waals surface area contributed by atoms with Crippen LogP contribution in [-0.4, -0.2) is 6.04 Å². The Bertz CT molecular complexity index is 383. The number of nitrogens with one attached hydrogen (secondary N) is 1. The van der Waals surface area contributed by atoms with Crippen molar-refractivity contribution in [1.29, 1.82) is 0 Å². The molecule has 2 rings (SSSR count). The molecule has 19 heavy (non-hydrogen) atoms. The molecule has 0 amide bonds. The highest BCUT2D eigenvalue weighted by Crippen LogP contribution is 2.18. The molecule has 1 N–H and O–H groups in total. The molecule has 1 fully saturated rings. The normalized spacial score (nSPS) is 18.1. The minimum Gasteiger partial charge on any atom is -0.310 e. The molecule has 106 valence electrons. The fourth-order valence-corrected chi connectivity index (χ4v) is 3.06. The van der Waals surface area contributed by atoms with Crippen molar-refractivity contribution < 1.29 is 4.39 Å². The molecule has 1 aliphatic carbocycles. The van der Waals surface area contributed by atoms with Crippen molar-refractivity contribution in [3.05, 3.63) is 34.6 Å². The van der Waals surface area contributed by atoms with Crippen LogP contribution in [0.5, 0.6) is 0 Å². The summed E-state index contributed by atoms with van der Waals surface area (Å²) in [5.74, 6) is -0.0605. The molecule has 0 heterocycles. The Morgan fingerprint density at radius 1 is 1.00 bits per heavy atom. The van der Waals surface area contributed by atoms with E-state index in [0.717, 1.165) is 17.7 Å². The van der Waals surface area contributed by atoms with E-state index < -0.39 is 0 Å². The fraction of sp³-hybridized carbons (Fsp3) is 0.647. The van der Waals surface area contributed by atoms with Gasteiger partial charge in [-0.15, -0.1) is 0 Å². The third kappa shape index (κ3) is 4.31. The quantitative estimate of drug-likeness (QED) is 0.837. The Hall–Kier alpha value is -0.890. The average molecular weight is 263 g/mol. The lowest BCUT2D eigenvalue weighted by molar-refractivity contribution is 0.389. The molecule has 1 nitrogen and oxygen atoms in total. The molecule has 0 bridgehead atoms. The third-order valence-electron chi connectivity index (χ3n) is 4.20. The van der Waals surface area contributed by atoms with E-state index in [1.54, 1.807) is 0 Å². The van der Waals surface area contributed by atoms with E-state index in [1.807, 2.05) is 26.0 Å². The zero-order valence-electron chi connectivity index (χ0n) is 12.3. The van der Waals surface area contributed by atoms with Gasteiger partial charge in [0.15, 0.2) is 0 Å². The molecule has 0 aromatic heterocycles. The Kier molecular flexibility index (Phi) is 5.38. The van der Waals surface area contributed by atoms with Gasteiger partial charge in [0.25, 0.3) is 0 Å². The first-order chi connectivity index (χ1) is 9.16. The van der Waals surface area contributed by atoms with E-state index >= 15 is 0 Å². The lowest BCUT2D eigenvalue weighted by Gasteiger charge is -2.21. The summed E-state index contributed by atoms with van der Waals surface area (Å²) in [5, 5.41) is 3.66. The van der Waals surface area contributed by atoms with Crippen LogP contribution in [0.2, 0.25) is 0 Å². The van der Waals surface area contributed by atoms with Gasteiger partial charge in [-0.05, 0) is 43.4 Å². The Balaban J connectivity index is 1.90. The molecular formula is C17H26FN. The summed E-state index contributed by atoms with van der Waals surface area (Å²) in [4.78, 5) is 0. The SMILES string of the molecule is Cc1cc(CNC2CCCCCCC2)cc(C)c1F. The van der Waals surface area contributed by atoms with Gasteiger partial charge >= 0.3 is 0 Å². The summed E-state index contributed by atoms with van der Waals surface area (Å²) in [6, 6.07) is 4.59. The highest BCUT2D eigenvalue weighted by atomic mass is 19.1. The van der Waals surface area contributed by atoms with E-state index in [9.17, 15) is 4.39 Å². The van der Waals surface area contributed by atoms with Crippen LogP contribution in [0.15, 0.2) is 12.1 Å². The molecule has 0 radical (unpaired) electrons. The van der Waals surface area contributed by atoms with Crippen LogP contribution >= 0.6 is 0 Å². The second-order valence-corrected chi connectivity index (χ2v) is 5.97. The first kappa shape index (κ1) is 14.5. The van der Waals surface area contributed by atoms with Crippen LogP contribution in [0, 0.1) is 19.7 Å². The van der Waals surface area contributed by atoms with E-state index in [1.165, 1.54) is 50.5 Å². The molecule has 0 unspecified atom stereocenters. The molecule has 0 aliphatic heterocycles. The van der Waals surface area contributed by atoms with Gasteiger partial charge < -0.3 is 5.32 Å². The van der Waals surface area contributed by atoms with Crippen LogP contribution in [0.4, 0.5) is 4.39 Å². The van der Waals surface area contributed by atoms with Crippen LogP contribution in [0.3, 0.4) is 0 Å². The number of rotatable bonds is 3. The van der Waals surface area contributed by atoms with Crippen molar-refractivity contribution >= 4 is 0 Å². The average Bonchev–Trinajstić information content (AvgIpc) is 2.34. The largest absolute Gasteiger partial charge is 0.310 e. The second kappa shape index (κ2) is 7.04. The Labute approximate surface area is 116 Å². The van der Waals surface area contributed by atoms with Crippen molar-refractivity contribution in [2.24, 2.45) is 0 Å². The smallest absolute Gasteiger partial charge is 0.129 e. The number of hydrogen-bond acceptors (Lipinski definition) is 1. The van der Waals surface area contributed by atoms with Gasteiger partial charge in [0.05, 0.1) is 0 Å². The fourth-order valence-electron chi connectivity index (χ4n) is 3.06. The lowest BCUT2D eigenvalue weighted by Crippen LogP contribution is -2.29. The van der Waals surface area contributed by atoms with Crippen molar-refractivity contribution in [3.63, 3.8) is 0 Å². The van der Waals surface area contributed by atoms with Crippen molar-refractivity contribution in [1.82, 2.24) is 5.32 Å². The first-order valence-corrected chi connectivity index (χ1v) is 7.66. The van der Waals surface area contributed by atoms with Gasteiger partial charge in [0.2, 0.25) is 0 Å². The maximum absolute atomic E-state index is 13.6. The van der Waals surface area contributed by atoms with Gasteiger partial charge in [0.1, 0.15) is 5.82 Å². The number of aryl methyl sites for hydroxylation is 2. The number of halogens is 1. The van der Waals surface area contributed by atoms with E-state index in [4.69, 9.17) is 0 Å². The molecule has 2 heteroatoms. The Morgan fingerprint density at radius 2 is 1.53 bits per heavy atom. The van der Waals surface area contributed by atoms with E-state index in [-0.39, 0.29) is 5.82 Å². The van der Waals surface area contributed by atoms with E-state index in [2.05, 4.69) is 5.32 Å². The highest BCUT2D eigenvalue weighted by molar-refractivity contribution is 5.30. The minimum absolute atomic E-state index is 0.0605. The summed E-state index contributed by atoms with van der Waals surface area (Å²) < 4.78 is 13.6. The molecular weight excluding hydrogens is 237 g/mol. The van der Waals surface area contributed by atoms with Crippen LogP contribution < -0.4 is 5.32 Å². The zero-order valence-corrected chi connectivity index (χ0v) is 12.3. The number of benzene rings is 1. The van der Waals surface area contributed by atoms with Gasteiger partial charge in [0, 0.05) is 12.6 Å². The molecule has 1 saturated carbocycles. The third-order valence-corrected chi connectivity index (χ3v) is 4.20. The summed E-state index contributed by atoms with van der Waals surface area (Å²) >= 11 is 0. The summed E-state index contributed by atoms with van der Waals surface area (Å²) in [7, 11) is 0. The van der Waals surface area contributed by atoms with Gasteiger partial charge in [-0.2, -0.15) is 0 Å².